The van der Waals surface area contributed by atoms with Crippen LogP contribution in [0.4, 0.5) is 0 Å². The van der Waals surface area contributed by atoms with E-state index in [0.717, 1.165) is 43.9 Å². The van der Waals surface area contributed by atoms with Gasteiger partial charge in [-0.25, -0.2) is 18.0 Å². The molecular formula is C36H57KO7S. The second kappa shape index (κ2) is 29.3. The summed E-state index contributed by atoms with van der Waals surface area (Å²) < 4.78 is 45.2. The van der Waals surface area contributed by atoms with E-state index in [1.54, 1.807) is 0 Å². The van der Waals surface area contributed by atoms with Crippen LogP contribution < -0.4 is 51.4 Å². The number of hydrogen-bond acceptors (Lipinski definition) is 7. The first-order valence-corrected chi connectivity index (χ1v) is 18.5. The molecule has 0 spiro atoms. The maximum absolute atomic E-state index is 12.8. The Labute approximate surface area is 316 Å². The Kier molecular flexibility index (Phi) is 28.8. The third-order valence-corrected chi connectivity index (χ3v) is 8.37. The van der Waals surface area contributed by atoms with Crippen LogP contribution in [-0.2, 0) is 19.6 Å². The zero-order valence-corrected chi connectivity index (χ0v) is 32.3. The number of carbonyl (C=O) groups excluding carboxylic acids is 2. The fourth-order valence-electron chi connectivity index (χ4n) is 4.88. The first kappa shape index (κ1) is 44.2. The Morgan fingerprint density at radius 1 is 0.600 bits per heavy atom. The van der Waals surface area contributed by atoms with E-state index >= 15 is 0 Å². The van der Waals surface area contributed by atoms with Crippen molar-refractivity contribution in [2.45, 2.75) is 147 Å². The van der Waals surface area contributed by atoms with Gasteiger partial charge in [0.2, 0.25) is 0 Å². The Hall–Kier alpha value is -0.814. The monoisotopic (exact) mass is 672 g/mol. The SMILES string of the molecule is CCCCCCCCCC/C=C/CCOC(=O)c1ccc(S(=O)(=O)[O-])cc1C(=O)OCC/C=C/CCCCCCCCCC.[K+]. The van der Waals surface area contributed by atoms with Gasteiger partial charge in [-0.3, -0.25) is 0 Å². The largest absolute Gasteiger partial charge is 1.00 e. The van der Waals surface area contributed by atoms with Crippen molar-refractivity contribution < 1.29 is 83.4 Å². The van der Waals surface area contributed by atoms with Gasteiger partial charge in [0.25, 0.3) is 0 Å². The molecule has 0 N–H and O–H groups in total. The second-order valence-electron chi connectivity index (χ2n) is 11.5. The molecule has 0 saturated heterocycles. The topological polar surface area (TPSA) is 110 Å². The van der Waals surface area contributed by atoms with E-state index in [1.165, 1.54) is 89.9 Å². The number of ether oxygens (including phenoxy) is 2. The number of carbonyl (C=O) groups is 2. The van der Waals surface area contributed by atoms with Crippen LogP contribution in [0.2, 0.25) is 0 Å². The summed E-state index contributed by atoms with van der Waals surface area (Å²) >= 11 is 0. The number of allylic oxidation sites excluding steroid dienone is 2. The predicted octanol–water partition coefficient (Wildman–Crippen LogP) is 6.86. The van der Waals surface area contributed by atoms with E-state index in [-0.39, 0.29) is 75.7 Å². The van der Waals surface area contributed by atoms with E-state index in [2.05, 4.69) is 26.0 Å². The minimum atomic E-state index is -4.82. The minimum Gasteiger partial charge on any atom is -0.744 e. The third-order valence-electron chi connectivity index (χ3n) is 7.54. The Morgan fingerprint density at radius 3 is 1.40 bits per heavy atom. The molecule has 1 rings (SSSR count). The summed E-state index contributed by atoms with van der Waals surface area (Å²) in [5, 5.41) is 0. The molecule has 9 heteroatoms. The van der Waals surface area contributed by atoms with Gasteiger partial charge in [0.15, 0.2) is 0 Å². The van der Waals surface area contributed by atoms with Crippen LogP contribution in [-0.4, -0.2) is 38.1 Å². The fourth-order valence-corrected chi connectivity index (χ4v) is 5.38. The Balaban J connectivity index is 0.0000194. The van der Waals surface area contributed by atoms with Crippen molar-refractivity contribution in [1.29, 1.82) is 0 Å². The quantitative estimate of drug-likeness (QED) is 0.0330. The molecule has 0 aliphatic heterocycles. The molecule has 0 fully saturated rings. The summed E-state index contributed by atoms with van der Waals surface area (Å²) in [6.07, 6.45) is 31.3. The zero-order chi connectivity index (χ0) is 32.3. The summed E-state index contributed by atoms with van der Waals surface area (Å²) in [6, 6.07) is 3.03. The molecule has 0 amide bonds. The third kappa shape index (κ3) is 23.2. The van der Waals surface area contributed by atoms with E-state index in [4.69, 9.17) is 9.47 Å². The van der Waals surface area contributed by atoms with Gasteiger partial charge in [-0.2, -0.15) is 0 Å². The number of esters is 2. The zero-order valence-electron chi connectivity index (χ0n) is 28.4. The standard InChI is InChI=1S/C36H58O7S.K/c1-3-5-7-9-11-13-15-17-19-21-23-25-29-42-35(37)33-28-27-32(44(39,40)41)31-34(33)36(38)43-30-26-24-22-20-18-16-14-12-10-8-6-4-2;/h21-24,27-28,31H,3-20,25-26,29-30H2,1-2H3,(H,39,40,41);/q;+1/p-1/b23-21+,24-22+;. The first-order chi connectivity index (χ1) is 21.3. The van der Waals surface area contributed by atoms with Gasteiger partial charge in [0, 0.05) is 0 Å². The van der Waals surface area contributed by atoms with Gasteiger partial charge in [-0.15, -0.1) is 0 Å². The second-order valence-corrected chi connectivity index (χ2v) is 12.9. The van der Waals surface area contributed by atoms with Crippen molar-refractivity contribution in [3.05, 3.63) is 53.6 Å². The number of benzene rings is 1. The molecule has 1 aromatic rings. The number of rotatable bonds is 27. The maximum Gasteiger partial charge on any atom is 1.00 e. The molecule has 0 aromatic heterocycles. The van der Waals surface area contributed by atoms with E-state index < -0.39 is 27.0 Å². The van der Waals surface area contributed by atoms with Crippen molar-refractivity contribution in [1.82, 2.24) is 0 Å². The van der Waals surface area contributed by atoms with Gasteiger partial charge in [0.05, 0.1) is 29.2 Å². The molecule has 0 saturated carbocycles. The van der Waals surface area contributed by atoms with Crippen LogP contribution in [0.1, 0.15) is 163 Å². The first-order valence-electron chi connectivity index (χ1n) is 17.0. The predicted molar refractivity (Wildman–Crippen MR) is 177 cm³/mol. The number of unbranched alkanes of at least 4 members (excludes halogenated alkanes) is 16. The van der Waals surface area contributed by atoms with Gasteiger partial charge < -0.3 is 14.0 Å². The van der Waals surface area contributed by atoms with Gasteiger partial charge in [0.1, 0.15) is 10.1 Å². The molecule has 0 heterocycles. The summed E-state index contributed by atoms with van der Waals surface area (Å²) in [7, 11) is -4.82. The average Bonchev–Trinajstić information content (AvgIpc) is 3.00. The summed E-state index contributed by atoms with van der Waals surface area (Å²) in [4.78, 5) is 24.9. The van der Waals surface area contributed by atoms with Crippen molar-refractivity contribution in [3.63, 3.8) is 0 Å². The molecule has 0 aliphatic carbocycles. The van der Waals surface area contributed by atoms with Crippen LogP contribution in [0.15, 0.2) is 47.4 Å². The average molecular weight is 673 g/mol. The van der Waals surface area contributed by atoms with Crippen LogP contribution in [0.5, 0.6) is 0 Å². The Bertz CT molecular complexity index is 1080. The molecule has 45 heavy (non-hydrogen) atoms. The normalized spacial score (nSPS) is 11.6. The van der Waals surface area contributed by atoms with Gasteiger partial charge in [-0.05, 0) is 56.7 Å². The molecular weight excluding hydrogens is 616 g/mol. The Morgan fingerprint density at radius 2 is 0.978 bits per heavy atom. The van der Waals surface area contributed by atoms with Crippen molar-refractivity contribution in [2.24, 2.45) is 0 Å². The molecule has 7 nitrogen and oxygen atoms in total. The summed E-state index contributed by atoms with van der Waals surface area (Å²) in [5.41, 5.74) is -0.421. The van der Waals surface area contributed by atoms with Crippen LogP contribution in [0.3, 0.4) is 0 Å². The molecule has 0 bridgehead atoms. The maximum atomic E-state index is 12.8. The van der Waals surface area contributed by atoms with E-state index in [9.17, 15) is 22.6 Å². The van der Waals surface area contributed by atoms with E-state index in [0.29, 0.717) is 12.8 Å². The molecule has 0 radical (unpaired) electrons. The number of hydrogen-bond donors (Lipinski definition) is 0. The van der Waals surface area contributed by atoms with Crippen LogP contribution >= 0.6 is 0 Å². The van der Waals surface area contributed by atoms with Crippen LogP contribution in [0.25, 0.3) is 0 Å². The minimum absolute atomic E-state index is 0. The molecule has 250 valence electrons. The summed E-state index contributed by atoms with van der Waals surface area (Å²) in [5.74, 6) is -1.64. The van der Waals surface area contributed by atoms with Crippen LogP contribution in [0, 0.1) is 0 Å². The van der Waals surface area contributed by atoms with Gasteiger partial charge in [-0.1, -0.05) is 128 Å². The fraction of sp³-hybridized carbons (Fsp3) is 0.667. The molecule has 0 aliphatic rings. The summed E-state index contributed by atoms with van der Waals surface area (Å²) in [6.45, 7) is 4.63. The van der Waals surface area contributed by atoms with Crippen molar-refractivity contribution in [2.75, 3.05) is 13.2 Å². The molecule has 1 aromatic carbocycles. The smallest absolute Gasteiger partial charge is 0.744 e. The van der Waals surface area contributed by atoms with Crippen molar-refractivity contribution in [3.8, 4) is 0 Å². The van der Waals surface area contributed by atoms with Gasteiger partial charge >= 0.3 is 63.3 Å². The van der Waals surface area contributed by atoms with Crippen molar-refractivity contribution >= 4 is 22.1 Å². The molecule has 0 atom stereocenters. The van der Waals surface area contributed by atoms with E-state index in [1.807, 2.05) is 12.2 Å². The molecule has 0 unspecified atom stereocenters.